The van der Waals surface area contributed by atoms with Crippen molar-refractivity contribution in [2.75, 3.05) is 0 Å². The Kier molecular flexibility index (Phi) is 2.63. The summed E-state index contributed by atoms with van der Waals surface area (Å²) in [5.74, 6) is -0.876. The molecule has 3 aromatic rings. The Bertz CT molecular complexity index is 940. The minimum absolute atomic E-state index is 0.00393. The first-order valence-electron chi connectivity index (χ1n) is 7.02. The summed E-state index contributed by atoms with van der Waals surface area (Å²) < 4.78 is 1.68. The van der Waals surface area contributed by atoms with Crippen molar-refractivity contribution in [3.05, 3.63) is 53.6 Å². The van der Waals surface area contributed by atoms with Crippen LogP contribution in [-0.4, -0.2) is 26.6 Å². The van der Waals surface area contributed by atoms with E-state index >= 15 is 0 Å². The summed E-state index contributed by atoms with van der Waals surface area (Å²) in [5, 5.41) is 14.3. The molecule has 108 valence electrons. The number of benzene rings is 2. The molecule has 0 amide bonds. The highest BCUT2D eigenvalue weighted by Gasteiger charge is 2.28. The molecule has 0 aliphatic heterocycles. The lowest BCUT2D eigenvalue weighted by atomic mass is 9.87. The van der Waals surface area contributed by atoms with Gasteiger partial charge in [0.15, 0.2) is 5.78 Å². The summed E-state index contributed by atoms with van der Waals surface area (Å²) in [7, 11) is 0. The molecule has 22 heavy (non-hydrogen) atoms. The summed E-state index contributed by atoms with van der Waals surface area (Å²) in [6.45, 7) is 0.283. The molecule has 0 unspecified atom stereocenters. The number of aromatic nitrogens is 2. The van der Waals surface area contributed by atoms with Gasteiger partial charge in [-0.2, -0.15) is 5.10 Å². The van der Waals surface area contributed by atoms with Crippen molar-refractivity contribution >= 4 is 22.7 Å². The van der Waals surface area contributed by atoms with Crippen LogP contribution in [0.1, 0.15) is 22.3 Å². The molecule has 0 fully saturated rings. The van der Waals surface area contributed by atoms with E-state index in [9.17, 15) is 9.59 Å². The number of rotatable bonds is 3. The fraction of sp³-hybridized carbons (Fsp3) is 0.118. The van der Waals surface area contributed by atoms with Gasteiger partial charge in [-0.05, 0) is 6.07 Å². The van der Waals surface area contributed by atoms with E-state index in [-0.39, 0.29) is 18.7 Å². The first-order valence-corrected chi connectivity index (χ1v) is 7.02. The van der Waals surface area contributed by atoms with E-state index in [1.165, 1.54) is 0 Å². The summed E-state index contributed by atoms with van der Waals surface area (Å²) in [6, 6.07) is 12.9. The first-order chi connectivity index (χ1) is 10.7. The zero-order valence-corrected chi connectivity index (χ0v) is 11.6. The lowest BCUT2D eigenvalue weighted by molar-refractivity contribution is -0.137. The second kappa shape index (κ2) is 4.53. The van der Waals surface area contributed by atoms with Crippen LogP contribution in [-0.2, 0) is 11.3 Å². The molecule has 2 aromatic carbocycles. The minimum atomic E-state index is -0.868. The van der Waals surface area contributed by atoms with Gasteiger partial charge in [-0.15, -0.1) is 0 Å². The number of hydrogen-bond acceptors (Lipinski definition) is 3. The Balaban J connectivity index is 2.01. The average Bonchev–Trinajstić information content (AvgIpc) is 2.90. The second-order valence-corrected chi connectivity index (χ2v) is 5.29. The molecule has 0 saturated heterocycles. The molecule has 5 heteroatoms. The highest BCUT2D eigenvalue weighted by Crippen LogP contribution is 2.38. The smallest absolute Gasteiger partial charge is 0.305 e. The fourth-order valence-electron chi connectivity index (χ4n) is 3.01. The van der Waals surface area contributed by atoms with Crippen molar-refractivity contribution in [3.8, 4) is 11.3 Å². The zero-order valence-electron chi connectivity index (χ0n) is 11.6. The largest absolute Gasteiger partial charge is 0.481 e. The number of nitrogens with zero attached hydrogens (tertiary/aromatic N) is 2. The predicted octanol–water partition coefficient (Wildman–Crippen LogP) is 2.72. The van der Waals surface area contributed by atoms with Crippen LogP contribution in [0.3, 0.4) is 0 Å². The molecule has 1 aromatic heterocycles. The fourth-order valence-corrected chi connectivity index (χ4v) is 3.01. The van der Waals surface area contributed by atoms with Gasteiger partial charge in [0.05, 0.1) is 18.5 Å². The number of aryl methyl sites for hydroxylation is 1. The van der Waals surface area contributed by atoms with Crippen molar-refractivity contribution in [2.45, 2.75) is 13.0 Å². The number of carbonyl (C=O) groups is 2. The molecule has 0 bridgehead atoms. The van der Waals surface area contributed by atoms with E-state index in [1.807, 2.05) is 30.3 Å². The maximum Gasteiger partial charge on any atom is 0.305 e. The molecule has 0 saturated carbocycles. The van der Waals surface area contributed by atoms with Gasteiger partial charge in [0, 0.05) is 22.1 Å². The maximum absolute atomic E-state index is 12.6. The van der Waals surface area contributed by atoms with Crippen molar-refractivity contribution in [1.82, 2.24) is 9.78 Å². The van der Waals surface area contributed by atoms with E-state index in [2.05, 4.69) is 5.10 Å². The molecule has 0 radical (unpaired) electrons. The summed E-state index contributed by atoms with van der Waals surface area (Å²) in [4.78, 5) is 23.5. The van der Waals surface area contributed by atoms with Crippen molar-refractivity contribution in [3.63, 3.8) is 0 Å². The molecular weight excluding hydrogens is 280 g/mol. The van der Waals surface area contributed by atoms with Crippen LogP contribution in [0.2, 0.25) is 0 Å². The van der Waals surface area contributed by atoms with Crippen LogP contribution in [0.15, 0.2) is 42.5 Å². The topological polar surface area (TPSA) is 72.2 Å². The molecule has 1 aliphatic carbocycles. The Labute approximate surface area is 125 Å². The molecule has 5 nitrogen and oxygen atoms in total. The molecule has 4 rings (SSSR count). The number of carbonyl (C=O) groups excluding carboxylic acids is 1. The van der Waals surface area contributed by atoms with Gasteiger partial charge < -0.3 is 5.11 Å². The maximum atomic E-state index is 12.6. The Morgan fingerprint density at radius 3 is 2.55 bits per heavy atom. The van der Waals surface area contributed by atoms with Crippen LogP contribution in [0.5, 0.6) is 0 Å². The van der Waals surface area contributed by atoms with Crippen LogP contribution in [0, 0.1) is 0 Å². The standard InChI is InChI=1S/C17H12N2O3/c20-14(21)8-9-19-13-7-3-6-12-15(13)16(18-19)10-4-1-2-5-11(10)17(12)22/h1-7H,8-9H2,(H,20,21). The van der Waals surface area contributed by atoms with Crippen LogP contribution >= 0.6 is 0 Å². The first kappa shape index (κ1) is 12.8. The van der Waals surface area contributed by atoms with Gasteiger partial charge in [0.2, 0.25) is 0 Å². The average molecular weight is 292 g/mol. The van der Waals surface area contributed by atoms with Crippen molar-refractivity contribution in [1.29, 1.82) is 0 Å². The lowest BCUT2D eigenvalue weighted by Crippen LogP contribution is -2.08. The van der Waals surface area contributed by atoms with Gasteiger partial charge >= 0.3 is 5.97 Å². The molecule has 0 atom stereocenters. The highest BCUT2D eigenvalue weighted by molar-refractivity contribution is 6.25. The van der Waals surface area contributed by atoms with Gasteiger partial charge in [0.25, 0.3) is 0 Å². The van der Waals surface area contributed by atoms with Crippen LogP contribution < -0.4 is 0 Å². The third kappa shape index (κ3) is 1.69. The predicted molar refractivity (Wildman–Crippen MR) is 80.9 cm³/mol. The highest BCUT2D eigenvalue weighted by atomic mass is 16.4. The second-order valence-electron chi connectivity index (χ2n) is 5.29. The quantitative estimate of drug-likeness (QED) is 0.630. The zero-order chi connectivity index (χ0) is 15.3. The van der Waals surface area contributed by atoms with Gasteiger partial charge in [0.1, 0.15) is 5.69 Å². The van der Waals surface area contributed by atoms with Gasteiger partial charge in [-0.25, -0.2) is 0 Å². The van der Waals surface area contributed by atoms with Gasteiger partial charge in [-0.1, -0.05) is 36.4 Å². The number of aliphatic carboxylic acids is 1. The third-order valence-corrected chi connectivity index (χ3v) is 3.99. The minimum Gasteiger partial charge on any atom is -0.481 e. The van der Waals surface area contributed by atoms with E-state index < -0.39 is 5.97 Å². The van der Waals surface area contributed by atoms with Crippen LogP contribution in [0.25, 0.3) is 22.2 Å². The Morgan fingerprint density at radius 1 is 1.05 bits per heavy atom. The van der Waals surface area contributed by atoms with Crippen LogP contribution in [0.4, 0.5) is 0 Å². The molecular formula is C17H12N2O3. The number of fused-ring (bicyclic) bond motifs is 2. The van der Waals surface area contributed by atoms with E-state index in [1.54, 1.807) is 16.8 Å². The normalized spacial score (nSPS) is 12.5. The SMILES string of the molecule is O=C(O)CCn1nc2c3c(cccc31)C(=O)c1ccccc1-2. The van der Waals surface area contributed by atoms with Crippen molar-refractivity contribution < 1.29 is 14.7 Å². The number of carboxylic acids is 1. The third-order valence-electron chi connectivity index (χ3n) is 3.99. The van der Waals surface area contributed by atoms with Gasteiger partial charge in [-0.3, -0.25) is 14.3 Å². The molecule has 1 heterocycles. The number of hydrogen-bond donors (Lipinski definition) is 1. The van der Waals surface area contributed by atoms with E-state index in [0.29, 0.717) is 11.1 Å². The molecule has 1 N–H and O–H groups in total. The van der Waals surface area contributed by atoms with E-state index in [0.717, 1.165) is 22.2 Å². The summed E-state index contributed by atoms with van der Waals surface area (Å²) in [5.41, 5.74) is 3.65. The Hall–Kier alpha value is -2.95. The lowest BCUT2D eigenvalue weighted by Gasteiger charge is -2.13. The molecule has 1 aliphatic rings. The molecule has 0 spiro atoms. The van der Waals surface area contributed by atoms with E-state index in [4.69, 9.17) is 5.11 Å². The number of carboxylic acid groups (broad SMARTS) is 1. The number of ketones is 1. The Morgan fingerprint density at radius 2 is 1.77 bits per heavy atom. The summed E-state index contributed by atoms with van der Waals surface area (Å²) in [6.07, 6.45) is -0.00393. The summed E-state index contributed by atoms with van der Waals surface area (Å²) >= 11 is 0. The monoisotopic (exact) mass is 292 g/mol. The van der Waals surface area contributed by atoms with Crippen molar-refractivity contribution in [2.24, 2.45) is 0 Å².